The molecule has 1 rings (SSSR count). The first kappa shape index (κ1) is 14.8. The molecule has 0 aliphatic heterocycles. The Bertz CT molecular complexity index is 360. The normalized spacial score (nSPS) is 10.9. The van der Waals surface area contributed by atoms with Crippen molar-refractivity contribution in [2.45, 2.75) is 6.36 Å². The van der Waals surface area contributed by atoms with Crippen molar-refractivity contribution in [2.24, 2.45) is 0 Å². The van der Waals surface area contributed by atoms with Crippen molar-refractivity contribution in [1.29, 1.82) is 0 Å². The van der Waals surface area contributed by atoms with Crippen LogP contribution in [0.1, 0.15) is 5.56 Å². The minimum atomic E-state index is -4.93. The van der Waals surface area contributed by atoms with Crippen LogP contribution in [0.3, 0.4) is 0 Å². The Balaban J connectivity index is 0.00000225. The summed E-state index contributed by atoms with van der Waals surface area (Å²) in [6.45, 7) is 0. The first-order chi connectivity index (χ1) is 6.97. The van der Waals surface area contributed by atoms with Crippen molar-refractivity contribution in [3.05, 3.63) is 42.0 Å². The van der Waals surface area contributed by atoms with Crippen LogP contribution in [0.4, 0.5) is 13.2 Å². The van der Waals surface area contributed by atoms with Crippen LogP contribution in [0.15, 0.2) is 36.4 Å². The van der Waals surface area contributed by atoms with E-state index in [1.807, 2.05) is 0 Å². The molecule has 0 N–H and O–H groups in total. The predicted molar refractivity (Wildman–Crippen MR) is 54.8 cm³/mol. The molecule has 0 saturated carbocycles. The first-order valence-electron chi connectivity index (χ1n) is 4.00. The molecule has 0 aliphatic carbocycles. The molecule has 0 aromatic heterocycles. The van der Waals surface area contributed by atoms with Crippen LogP contribution in [-0.2, 0) is 9.53 Å². The number of benzene rings is 1. The quantitative estimate of drug-likeness (QED) is 0.437. The van der Waals surface area contributed by atoms with E-state index in [1.165, 1.54) is 6.08 Å². The number of ether oxygens (including phenoxy) is 1. The summed E-state index contributed by atoms with van der Waals surface area (Å²) in [7, 11) is 0. The number of carbonyl (C=O) groups is 1. The molecule has 16 heavy (non-hydrogen) atoms. The van der Waals surface area contributed by atoms with E-state index in [-0.39, 0.29) is 18.9 Å². The van der Waals surface area contributed by atoms with Gasteiger partial charge in [0.2, 0.25) is 0 Å². The van der Waals surface area contributed by atoms with Crippen molar-refractivity contribution >= 4 is 30.9 Å². The van der Waals surface area contributed by atoms with Crippen LogP contribution >= 0.6 is 0 Å². The number of hydrogen-bond acceptors (Lipinski definition) is 2. The van der Waals surface area contributed by atoms with E-state index in [4.69, 9.17) is 0 Å². The summed E-state index contributed by atoms with van der Waals surface area (Å²) in [6.07, 6.45) is -2.96. The Hall–Kier alpha value is -1.18. The second kappa shape index (κ2) is 6.41. The van der Waals surface area contributed by atoms with Gasteiger partial charge in [0.15, 0.2) is 0 Å². The summed E-state index contributed by atoms with van der Waals surface area (Å²) in [5.41, 5.74) is 0.622. The zero-order valence-electron chi connectivity index (χ0n) is 7.49. The van der Waals surface area contributed by atoms with Crippen molar-refractivity contribution in [1.82, 2.24) is 0 Å². The molecule has 0 radical (unpaired) electrons. The molecule has 0 spiro atoms. The van der Waals surface area contributed by atoms with E-state index in [0.29, 0.717) is 5.56 Å². The molecule has 1 aromatic rings. The van der Waals surface area contributed by atoms with Crippen molar-refractivity contribution < 1.29 is 22.7 Å². The molecule has 0 amide bonds. The Morgan fingerprint density at radius 3 is 2.25 bits per heavy atom. The molecule has 0 atom stereocenters. The van der Waals surface area contributed by atoms with Crippen LogP contribution < -0.4 is 0 Å². The molecule has 0 heterocycles. The molecule has 6 heteroatoms. The molecule has 2 nitrogen and oxygen atoms in total. The molecule has 0 aliphatic rings. The second-order valence-electron chi connectivity index (χ2n) is 2.61. The van der Waals surface area contributed by atoms with Gasteiger partial charge in [-0.1, -0.05) is 30.3 Å². The number of halogens is 3. The Labute approximate surface area is 102 Å². The number of alkyl halides is 3. The van der Waals surface area contributed by atoms with E-state index >= 15 is 0 Å². The molecule has 0 fully saturated rings. The van der Waals surface area contributed by atoms with Gasteiger partial charge in [0.05, 0.1) is 0 Å². The van der Waals surface area contributed by atoms with Gasteiger partial charge in [-0.25, -0.2) is 4.79 Å². The van der Waals surface area contributed by atoms with Crippen LogP contribution in [-0.4, -0.2) is 31.2 Å². The first-order valence-corrected chi connectivity index (χ1v) is 4.00. The minimum absolute atomic E-state index is 0. The topological polar surface area (TPSA) is 26.3 Å². The van der Waals surface area contributed by atoms with Gasteiger partial charge in [0.1, 0.15) is 0 Å². The Morgan fingerprint density at radius 2 is 1.75 bits per heavy atom. The van der Waals surface area contributed by atoms with Gasteiger partial charge < -0.3 is 4.74 Å². The number of esters is 1. The van der Waals surface area contributed by atoms with Crippen LogP contribution in [0.25, 0.3) is 6.08 Å². The molecule has 82 valence electrons. The third kappa shape index (κ3) is 6.33. The van der Waals surface area contributed by atoms with Gasteiger partial charge in [-0.2, -0.15) is 0 Å². The molecule has 1 aromatic carbocycles. The maximum absolute atomic E-state index is 11.6. The average molecular weight is 224 g/mol. The van der Waals surface area contributed by atoms with Crippen LogP contribution in [0.2, 0.25) is 0 Å². The standard InChI is InChI=1S/C10H7F3O2.Li.H/c11-10(12,13)15-9(14)7-6-8-4-2-1-3-5-8;;/h1-7H;;/b7-6+;;. The van der Waals surface area contributed by atoms with Gasteiger partial charge in [-0.05, 0) is 11.6 Å². The number of hydrogen-bond donors (Lipinski definition) is 0. The molecular weight excluding hydrogens is 216 g/mol. The summed E-state index contributed by atoms with van der Waals surface area (Å²) in [4.78, 5) is 10.6. The van der Waals surface area contributed by atoms with E-state index < -0.39 is 12.3 Å². The molecule has 0 unspecified atom stereocenters. The van der Waals surface area contributed by atoms with Crippen molar-refractivity contribution in [2.75, 3.05) is 0 Å². The monoisotopic (exact) mass is 224 g/mol. The van der Waals surface area contributed by atoms with E-state index in [0.717, 1.165) is 6.08 Å². The molecule has 0 saturated heterocycles. The SMILES string of the molecule is O=C(/C=C/c1ccccc1)OC(F)(F)F.[LiH]. The molecule has 0 bridgehead atoms. The summed E-state index contributed by atoms with van der Waals surface area (Å²) in [6, 6.07) is 8.46. The fourth-order valence-electron chi connectivity index (χ4n) is 0.876. The zero-order valence-corrected chi connectivity index (χ0v) is 7.49. The number of rotatable bonds is 2. The Kier molecular flexibility index (Phi) is 5.94. The van der Waals surface area contributed by atoms with Gasteiger partial charge in [0, 0.05) is 6.08 Å². The van der Waals surface area contributed by atoms with Gasteiger partial charge in [0.25, 0.3) is 0 Å². The van der Waals surface area contributed by atoms with Gasteiger partial charge in [-0.3, -0.25) is 0 Å². The summed E-state index contributed by atoms with van der Waals surface area (Å²) < 4.78 is 37.8. The average Bonchev–Trinajstić information content (AvgIpc) is 2.14. The third-order valence-electron chi connectivity index (χ3n) is 1.43. The van der Waals surface area contributed by atoms with Crippen LogP contribution in [0.5, 0.6) is 0 Å². The second-order valence-corrected chi connectivity index (χ2v) is 2.61. The van der Waals surface area contributed by atoms with Gasteiger partial charge >= 0.3 is 31.2 Å². The van der Waals surface area contributed by atoms with E-state index in [2.05, 4.69) is 4.74 Å². The fourth-order valence-corrected chi connectivity index (χ4v) is 0.876. The van der Waals surface area contributed by atoms with E-state index in [9.17, 15) is 18.0 Å². The zero-order chi connectivity index (χ0) is 11.3. The summed E-state index contributed by atoms with van der Waals surface area (Å²) in [5, 5.41) is 0. The molecular formula is C10H8F3LiO2. The van der Waals surface area contributed by atoms with Crippen molar-refractivity contribution in [3.63, 3.8) is 0 Å². The van der Waals surface area contributed by atoms with Crippen LogP contribution in [0, 0.1) is 0 Å². The maximum atomic E-state index is 11.6. The third-order valence-corrected chi connectivity index (χ3v) is 1.43. The number of carbonyl (C=O) groups excluding carboxylic acids is 1. The summed E-state index contributed by atoms with van der Waals surface area (Å²) in [5.74, 6) is -1.44. The summed E-state index contributed by atoms with van der Waals surface area (Å²) >= 11 is 0. The van der Waals surface area contributed by atoms with Crippen molar-refractivity contribution in [3.8, 4) is 0 Å². The Morgan fingerprint density at radius 1 is 1.19 bits per heavy atom. The van der Waals surface area contributed by atoms with Gasteiger partial charge in [-0.15, -0.1) is 13.2 Å². The predicted octanol–water partition coefficient (Wildman–Crippen LogP) is 2.11. The van der Waals surface area contributed by atoms with E-state index in [1.54, 1.807) is 30.3 Å². The fraction of sp³-hybridized carbons (Fsp3) is 0.100.